The SMILES string of the molecule is COc1ccc(NC(=O)Nc2ccc3c(c2)N(C(=O)C(C)(C)C)CC3)cc1. The lowest BCUT2D eigenvalue weighted by molar-refractivity contribution is -0.125. The zero-order valence-corrected chi connectivity index (χ0v) is 16.1. The lowest BCUT2D eigenvalue weighted by Crippen LogP contribution is -2.38. The maximum atomic E-state index is 12.7. The molecule has 0 unspecified atom stereocenters. The van der Waals surface area contributed by atoms with Crippen LogP contribution in [0.15, 0.2) is 42.5 Å². The summed E-state index contributed by atoms with van der Waals surface area (Å²) in [6, 6.07) is 12.4. The van der Waals surface area contributed by atoms with E-state index in [-0.39, 0.29) is 11.9 Å². The first-order valence-electron chi connectivity index (χ1n) is 8.95. The van der Waals surface area contributed by atoms with Gasteiger partial charge in [0.2, 0.25) is 5.91 Å². The molecule has 0 aromatic heterocycles. The van der Waals surface area contributed by atoms with E-state index in [1.54, 1.807) is 31.4 Å². The third-order valence-corrected chi connectivity index (χ3v) is 4.47. The molecule has 3 amide bonds. The van der Waals surface area contributed by atoms with Crippen LogP contribution < -0.4 is 20.3 Å². The monoisotopic (exact) mass is 367 g/mol. The summed E-state index contributed by atoms with van der Waals surface area (Å²) in [4.78, 5) is 26.8. The Balaban J connectivity index is 1.71. The van der Waals surface area contributed by atoms with Crippen molar-refractivity contribution in [3.8, 4) is 5.75 Å². The van der Waals surface area contributed by atoms with E-state index < -0.39 is 5.41 Å². The van der Waals surface area contributed by atoms with Crippen molar-refractivity contribution < 1.29 is 14.3 Å². The first kappa shape index (κ1) is 18.8. The van der Waals surface area contributed by atoms with Crippen LogP contribution in [0.25, 0.3) is 0 Å². The Morgan fingerprint density at radius 2 is 1.63 bits per heavy atom. The Hall–Kier alpha value is -3.02. The van der Waals surface area contributed by atoms with Crippen LogP contribution in [0.4, 0.5) is 21.9 Å². The van der Waals surface area contributed by atoms with E-state index in [0.717, 1.165) is 23.4 Å². The molecule has 2 aromatic carbocycles. The van der Waals surface area contributed by atoms with E-state index in [9.17, 15) is 9.59 Å². The molecule has 0 radical (unpaired) electrons. The van der Waals surface area contributed by atoms with Gasteiger partial charge in [-0.25, -0.2) is 4.79 Å². The smallest absolute Gasteiger partial charge is 0.323 e. The highest BCUT2D eigenvalue weighted by Gasteiger charge is 2.32. The molecule has 1 aliphatic heterocycles. The third-order valence-electron chi connectivity index (χ3n) is 4.47. The molecule has 1 heterocycles. The number of nitrogens with one attached hydrogen (secondary N) is 2. The molecule has 0 spiro atoms. The molecule has 0 saturated carbocycles. The fourth-order valence-corrected chi connectivity index (χ4v) is 3.04. The molecule has 2 aromatic rings. The molecule has 6 nitrogen and oxygen atoms in total. The van der Waals surface area contributed by atoms with Gasteiger partial charge >= 0.3 is 6.03 Å². The van der Waals surface area contributed by atoms with Gasteiger partial charge in [0.1, 0.15) is 5.75 Å². The second-order valence-corrected chi connectivity index (χ2v) is 7.61. The first-order valence-corrected chi connectivity index (χ1v) is 8.95. The number of benzene rings is 2. The van der Waals surface area contributed by atoms with E-state index in [1.165, 1.54) is 0 Å². The summed E-state index contributed by atoms with van der Waals surface area (Å²) in [7, 11) is 1.59. The van der Waals surface area contributed by atoms with Gasteiger partial charge in [-0.05, 0) is 48.4 Å². The van der Waals surface area contributed by atoms with Crippen molar-refractivity contribution in [3.05, 3.63) is 48.0 Å². The Bertz CT molecular complexity index is 854. The zero-order chi connectivity index (χ0) is 19.6. The van der Waals surface area contributed by atoms with Crippen LogP contribution in [0.5, 0.6) is 5.75 Å². The van der Waals surface area contributed by atoms with E-state index in [2.05, 4.69) is 10.6 Å². The van der Waals surface area contributed by atoms with E-state index >= 15 is 0 Å². The average molecular weight is 367 g/mol. The summed E-state index contributed by atoms with van der Waals surface area (Å²) in [5.41, 5.74) is 2.86. The molecular weight excluding hydrogens is 342 g/mol. The number of fused-ring (bicyclic) bond motifs is 1. The van der Waals surface area contributed by atoms with Gasteiger partial charge in [0.25, 0.3) is 0 Å². The molecule has 27 heavy (non-hydrogen) atoms. The van der Waals surface area contributed by atoms with E-state index in [0.29, 0.717) is 17.9 Å². The Morgan fingerprint density at radius 1 is 1.00 bits per heavy atom. The minimum atomic E-state index is -0.448. The van der Waals surface area contributed by atoms with E-state index in [1.807, 2.05) is 43.9 Å². The van der Waals surface area contributed by atoms with Crippen molar-refractivity contribution in [1.82, 2.24) is 0 Å². The number of ether oxygens (including phenoxy) is 1. The predicted octanol–water partition coefficient (Wildman–Crippen LogP) is 4.27. The number of carbonyl (C=O) groups excluding carboxylic acids is 2. The van der Waals surface area contributed by atoms with Gasteiger partial charge < -0.3 is 20.3 Å². The Labute approximate surface area is 159 Å². The molecule has 6 heteroatoms. The summed E-state index contributed by atoms with van der Waals surface area (Å²) < 4.78 is 5.11. The molecule has 3 rings (SSSR count). The predicted molar refractivity (Wildman–Crippen MR) is 108 cm³/mol. The van der Waals surface area contributed by atoms with Crippen molar-refractivity contribution in [1.29, 1.82) is 0 Å². The number of urea groups is 1. The summed E-state index contributed by atoms with van der Waals surface area (Å²) in [5, 5.41) is 5.61. The molecular formula is C21H25N3O3. The molecule has 0 atom stereocenters. The number of hydrogen-bond donors (Lipinski definition) is 2. The quantitative estimate of drug-likeness (QED) is 0.851. The van der Waals surface area contributed by atoms with Gasteiger partial charge in [0, 0.05) is 29.0 Å². The highest BCUT2D eigenvalue weighted by molar-refractivity contribution is 6.02. The van der Waals surface area contributed by atoms with Crippen LogP contribution in [0.3, 0.4) is 0 Å². The molecule has 142 valence electrons. The van der Waals surface area contributed by atoms with Crippen LogP contribution in [0, 0.1) is 5.41 Å². The molecule has 0 aliphatic carbocycles. The van der Waals surface area contributed by atoms with Crippen LogP contribution in [-0.4, -0.2) is 25.6 Å². The summed E-state index contributed by atoms with van der Waals surface area (Å²) >= 11 is 0. The van der Waals surface area contributed by atoms with E-state index in [4.69, 9.17) is 4.74 Å². The average Bonchev–Trinajstić information content (AvgIpc) is 3.04. The van der Waals surface area contributed by atoms with Gasteiger partial charge in [-0.1, -0.05) is 26.8 Å². The number of nitrogens with zero attached hydrogens (tertiary/aromatic N) is 1. The largest absolute Gasteiger partial charge is 0.497 e. The van der Waals surface area contributed by atoms with Crippen LogP contribution >= 0.6 is 0 Å². The number of rotatable bonds is 3. The maximum absolute atomic E-state index is 12.7. The van der Waals surface area contributed by atoms with Crippen molar-refractivity contribution in [2.24, 2.45) is 5.41 Å². The number of amides is 3. The van der Waals surface area contributed by atoms with Gasteiger partial charge in [-0.15, -0.1) is 0 Å². The fraction of sp³-hybridized carbons (Fsp3) is 0.333. The third kappa shape index (κ3) is 4.22. The second kappa shape index (κ2) is 7.31. The number of carbonyl (C=O) groups is 2. The van der Waals surface area contributed by atoms with Gasteiger partial charge in [-0.3, -0.25) is 4.79 Å². The summed E-state index contributed by atoms with van der Waals surface area (Å²) in [6.45, 7) is 6.42. The molecule has 0 fully saturated rings. The molecule has 2 N–H and O–H groups in total. The molecule has 0 bridgehead atoms. The number of anilines is 3. The highest BCUT2D eigenvalue weighted by Crippen LogP contribution is 2.34. The standard InChI is InChI=1S/C21H25N3O3/c1-21(2,3)19(25)24-12-11-14-5-6-16(13-18(14)24)23-20(26)22-15-7-9-17(27-4)10-8-15/h5-10,13H,11-12H2,1-4H3,(H2,22,23,26). The van der Waals surface area contributed by atoms with Crippen molar-refractivity contribution >= 4 is 29.0 Å². The summed E-state index contributed by atoms with van der Waals surface area (Å²) in [6.07, 6.45) is 0.829. The van der Waals surface area contributed by atoms with Crippen LogP contribution in [-0.2, 0) is 11.2 Å². The maximum Gasteiger partial charge on any atom is 0.323 e. The topological polar surface area (TPSA) is 70.7 Å². The van der Waals surface area contributed by atoms with Crippen molar-refractivity contribution in [3.63, 3.8) is 0 Å². The fourth-order valence-electron chi connectivity index (χ4n) is 3.04. The first-order chi connectivity index (χ1) is 12.8. The normalized spacial score (nSPS) is 13.1. The Morgan fingerprint density at radius 3 is 2.26 bits per heavy atom. The minimum absolute atomic E-state index is 0.0843. The van der Waals surface area contributed by atoms with Crippen LogP contribution in [0.2, 0.25) is 0 Å². The highest BCUT2D eigenvalue weighted by atomic mass is 16.5. The van der Waals surface area contributed by atoms with Gasteiger partial charge in [-0.2, -0.15) is 0 Å². The zero-order valence-electron chi connectivity index (χ0n) is 16.1. The molecule has 0 saturated heterocycles. The van der Waals surface area contributed by atoms with Crippen molar-refractivity contribution in [2.75, 3.05) is 29.2 Å². The van der Waals surface area contributed by atoms with Crippen molar-refractivity contribution in [2.45, 2.75) is 27.2 Å². The lowest BCUT2D eigenvalue weighted by atomic mass is 9.94. The summed E-state index contributed by atoms with van der Waals surface area (Å²) in [5.74, 6) is 0.810. The molecule has 1 aliphatic rings. The van der Waals surface area contributed by atoms with Crippen LogP contribution in [0.1, 0.15) is 26.3 Å². The van der Waals surface area contributed by atoms with Gasteiger partial charge in [0.05, 0.1) is 7.11 Å². The minimum Gasteiger partial charge on any atom is -0.497 e. The number of methoxy groups -OCH3 is 1. The lowest BCUT2D eigenvalue weighted by Gasteiger charge is -2.26. The Kier molecular flexibility index (Phi) is 5.08. The van der Waals surface area contributed by atoms with Gasteiger partial charge in [0.15, 0.2) is 0 Å². The second-order valence-electron chi connectivity index (χ2n) is 7.61. The number of hydrogen-bond acceptors (Lipinski definition) is 3.